The SMILES string of the molecule is CC.COc1cc(C)ccc1C(=O)N1CCN(C2COC2)CC1. The summed E-state index contributed by atoms with van der Waals surface area (Å²) in [6.45, 7) is 11.1. The third-order valence-electron chi connectivity index (χ3n) is 4.33. The maximum absolute atomic E-state index is 12.7. The Labute approximate surface area is 139 Å². The van der Waals surface area contributed by atoms with Crippen LogP contribution >= 0.6 is 0 Å². The van der Waals surface area contributed by atoms with E-state index in [0.29, 0.717) is 17.4 Å². The van der Waals surface area contributed by atoms with Gasteiger partial charge >= 0.3 is 0 Å². The maximum atomic E-state index is 12.7. The van der Waals surface area contributed by atoms with Crippen molar-refractivity contribution in [3.05, 3.63) is 29.3 Å². The largest absolute Gasteiger partial charge is 0.496 e. The van der Waals surface area contributed by atoms with Gasteiger partial charge in [-0.05, 0) is 24.6 Å². The molecule has 0 unspecified atom stereocenters. The van der Waals surface area contributed by atoms with Gasteiger partial charge in [0.25, 0.3) is 5.91 Å². The Hall–Kier alpha value is -1.59. The summed E-state index contributed by atoms with van der Waals surface area (Å²) in [5.41, 5.74) is 1.75. The van der Waals surface area contributed by atoms with Crippen molar-refractivity contribution in [2.24, 2.45) is 0 Å². The molecular formula is C18H28N2O3. The monoisotopic (exact) mass is 320 g/mol. The summed E-state index contributed by atoms with van der Waals surface area (Å²) < 4.78 is 10.6. The highest BCUT2D eigenvalue weighted by atomic mass is 16.5. The lowest BCUT2D eigenvalue weighted by Gasteiger charge is -2.42. The molecule has 0 aliphatic carbocycles. The number of benzene rings is 1. The zero-order chi connectivity index (χ0) is 16.8. The van der Waals surface area contributed by atoms with E-state index in [4.69, 9.17) is 9.47 Å². The fourth-order valence-electron chi connectivity index (χ4n) is 2.87. The van der Waals surface area contributed by atoms with Crippen molar-refractivity contribution in [1.82, 2.24) is 9.80 Å². The molecule has 23 heavy (non-hydrogen) atoms. The highest BCUT2D eigenvalue weighted by molar-refractivity contribution is 5.97. The van der Waals surface area contributed by atoms with Crippen molar-refractivity contribution in [2.75, 3.05) is 46.5 Å². The summed E-state index contributed by atoms with van der Waals surface area (Å²) in [6.07, 6.45) is 0. The van der Waals surface area contributed by atoms with Crippen LogP contribution in [0.1, 0.15) is 29.8 Å². The van der Waals surface area contributed by atoms with Gasteiger partial charge in [-0.15, -0.1) is 0 Å². The zero-order valence-electron chi connectivity index (χ0n) is 14.7. The molecule has 0 bridgehead atoms. The van der Waals surface area contributed by atoms with Crippen LogP contribution in [-0.2, 0) is 4.74 Å². The molecule has 0 aromatic heterocycles. The van der Waals surface area contributed by atoms with Crippen molar-refractivity contribution in [2.45, 2.75) is 26.8 Å². The number of amides is 1. The highest BCUT2D eigenvalue weighted by Gasteiger charge is 2.31. The summed E-state index contributed by atoms with van der Waals surface area (Å²) >= 11 is 0. The number of rotatable bonds is 3. The molecule has 0 N–H and O–H groups in total. The van der Waals surface area contributed by atoms with Gasteiger partial charge in [0.1, 0.15) is 5.75 Å². The summed E-state index contributed by atoms with van der Waals surface area (Å²) in [6, 6.07) is 6.28. The Bertz CT molecular complexity index is 521. The molecular weight excluding hydrogens is 292 g/mol. The molecule has 0 atom stereocenters. The van der Waals surface area contributed by atoms with E-state index in [1.165, 1.54) is 0 Å². The van der Waals surface area contributed by atoms with Gasteiger partial charge in [-0.25, -0.2) is 0 Å². The molecule has 0 spiro atoms. The van der Waals surface area contributed by atoms with Crippen molar-refractivity contribution in [3.63, 3.8) is 0 Å². The first-order valence-corrected chi connectivity index (χ1v) is 8.45. The van der Waals surface area contributed by atoms with E-state index >= 15 is 0 Å². The van der Waals surface area contributed by atoms with Crippen LogP contribution in [0.15, 0.2) is 18.2 Å². The number of methoxy groups -OCH3 is 1. The van der Waals surface area contributed by atoms with E-state index in [1.807, 2.05) is 43.9 Å². The molecule has 128 valence electrons. The van der Waals surface area contributed by atoms with Crippen LogP contribution in [0.25, 0.3) is 0 Å². The van der Waals surface area contributed by atoms with Crippen LogP contribution in [0.5, 0.6) is 5.75 Å². The number of aryl methyl sites for hydroxylation is 1. The predicted molar refractivity (Wildman–Crippen MR) is 91.2 cm³/mol. The van der Waals surface area contributed by atoms with E-state index in [1.54, 1.807) is 7.11 Å². The second-order valence-corrected chi connectivity index (χ2v) is 5.72. The average Bonchev–Trinajstić information content (AvgIpc) is 2.55. The standard InChI is InChI=1S/C16H22N2O3.C2H6/c1-12-3-4-14(15(9-12)20-2)16(19)18-7-5-17(6-8-18)13-10-21-11-13;1-2/h3-4,9,13H,5-8,10-11H2,1-2H3;1-2H3. The summed E-state index contributed by atoms with van der Waals surface area (Å²) in [5.74, 6) is 0.728. The van der Waals surface area contributed by atoms with Crippen LogP contribution in [0, 0.1) is 6.92 Å². The summed E-state index contributed by atoms with van der Waals surface area (Å²) in [7, 11) is 1.61. The molecule has 5 heteroatoms. The molecule has 2 heterocycles. The van der Waals surface area contributed by atoms with E-state index in [9.17, 15) is 4.79 Å². The quantitative estimate of drug-likeness (QED) is 0.856. The minimum absolute atomic E-state index is 0.0661. The number of hydrogen-bond acceptors (Lipinski definition) is 4. The van der Waals surface area contributed by atoms with Gasteiger partial charge in [-0.3, -0.25) is 9.69 Å². The smallest absolute Gasteiger partial charge is 0.257 e. The number of ether oxygens (including phenoxy) is 2. The lowest BCUT2D eigenvalue weighted by Crippen LogP contribution is -2.57. The van der Waals surface area contributed by atoms with Gasteiger partial charge in [-0.2, -0.15) is 0 Å². The molecule has 1 aromatic rings. The van der Waals surface area contributed by atoms with Gasteiger partial charge < -0.3 is 14.4 Å². The first-order chi connectivity index (χ1) is 11.2. The second-order valence-electron chi connectivity index (χ2n) is 5.72. The molecule has 0 saturated carbocycles. The van der Waals surface area contributed by atoms with Crippen molar-refractivity contribution >= 4 is 5.91 Å². The minimum Gasteiger partial charge on any atom is -0.496 e. The molecule has 3 rings (SSSR count). The maximum Gasteiger partial charge on any atom is 0.257 e. The normalized spacial score (nSPS) is 18.7. The molecule has 2 aliphatic rings. The van der Waals surface area contributed by atoms with Crippen LogP contribution < -0.4 is 4.74 Å². The third-order valence-corrected chi connectivity index (χ3v) is 4.33. The van der Waals surface area contributed by atoms with Crippen LogP contribution in [0.3, 0.4) is 0 Å². The van der Waals surface area contributed by atoms with E-state index in [0.717, 1.165) is 45.0 Å². The first-order valence-electron chi connectivity index (χ1n) is 8.45. The van der Waals surface area contributed by atoms with Crippen molar-refractivity contribution in [1.29, 1.82) is 0 Å². The molecule has 2 fully saturated rings. The van der Waals surface area contributed by atoms with Crippen molar-refractivity contribution < 1.29 is 14.3 Å². The number of nitrogens with zero attached hydrogens (tertiary/aromatic N) is 2. The molecule has 0 radical (unpaired) electrons. The summed E-state index contributed by atoms with van der Waals surface area (Å²) in [4.78, 5) is 17.0. The van der Waals surface area contributed by atoms with Crippen molar-refractivity contribution in [3.8, 4) is 5.75 Å². The summed E-state index contributed by atoms with van der Waals surface area (Å²) in [5, 5.41) is 0. The van der Waals surface area contributed by atoms with E-state index < -0.39 is 0 Å². The zero-order valence-corrected chi connectivity index (χ0v) is 14.7. The van der Waals surface area contributed by atoms with E-state index in [2.05, 4.69) is 4.90 Å². The third kappa shape index (κ3) is 4.03. The number of carbonyl (C=O) groups is 1. The van der Waals surface area contributed by atoms with E-state index in [-0.39, 0.29) is 5.91 Å². The molecule has 1 amide bonds. The molecule has 2 saturated heterocycles. The lowest BCUT2D eigenvalue weighted by atomic mass is 10.1. The Balaban J connectivity index is 0.000000924. The van der Waals surface area contributed by atoms with Gasteiger partial charge in [0.15, 0.2) is 0 Å². The predicted octanol–water partition coefficient (Wildman–Crippen LogP) is 2.19. The van der Waals surface area contributed by atoms with Crippen LogP contribution in [0.4, 0.5) is 0 Å². The Morgan fingerprint density at radius 1 is 1.17 bits per heavy atom. The fourth-order valence-corrected chi connectivity index (χ4v) is 2.87. The molecule has 5 nitrogen and oxygen atoms in total. The van der Waals surface area contributed by atoms with Gasteiger partial charge in [0, 0.05) is 26.2 Å². The van der Waals surface area contributed by atoms with Gasteiger partial charge in [-0.1, -0.05) is 19.9 Å². The Morgan fingerprint density at radius 3 is 2.35 bits per heavy atom. The number of piperazine rings is 1. The first kappa shape index (κ1) is 17.8. The molecule has 2 aliphatic heterocycles. The minimum atomic E-state index is 0.0661. The fraction of sp³-hybridized carbons (Fsp3) is 0.611. The van der Waals surface area contributed by atoms with Crippen LogP contribution in [0.2, 0.25) is 0 Å². The van der Waals surface area contributed by atoms with Gasteiger partial charge in [0.2, 0.25) is 0 Å². The molecule has 1 aromatic carbocycles. The van der Waals surface area contributed by atoms with Crippen LogP contribution in [-0.4, -0.2) is 68.3 Å². The number of hydrogen-bond donors (Lipinski definition) is 0. The number of carbonyl (C=O) groups excluding carboxylic acids is 1. The average molecular weight is 320 g/mol. The topological polar surface area (TPSA) is 42.0 Å². The lowest BCUT2D eigenvalue weighted by molar-refractivity contribution is -0.0746. The Kier molecular flexibility index (Phi) is 6.42. The highest BCUT2D eigenvalue weighted by Crippen LogP contribution is 2.23. The Morgan fingerprint density at radius 2 is 1.83 bits per heavy atom. The second kappa shape index (κ2) is 8.31. The van der Waals surface area contributed by atoms with Gasteiger partial charge in [0.05, 0.1) is 31.9 Å².